The number of nitrogens with zero attached hydrogens (tertiary/aromatic N) is 3. The van der Waals surface area contributed by atoms with Crippen LogP contribution in [0.3, 0.4) is 0 Å². The molecule has 0 radical (unpaired) electrons. The maximum absolute atomic E-state index is 12.1. The highest BCUT2D eigenvalue weighted by Gasteiger charge is 2.22. The molecule has 1 aliphatic carbocycles. The van der Waals surface area contributed by atoms with Gasteiger partial charge >= 0.3 is 0 Å². The maximum Gasteiger partial charge on any atom is 0.261 e. The molecule has 1 N–H and O–H groups in total. The van der Waals surface area contributed by atoms with E-state index in [1.807, 2.05) is 11.0 Å². The first-order valence-corrected chi connectivity index (χ1v) is 8.54. The van der Waals surface area contributed by atoms with Crippen LogP contribution >= 0.6 is 0 Å². The first-order chi connectivity index (χ1) is 11.1. The van der Waals surface area contributed by atoms with Crippen molar-refractivity contribution in [2.24, 2.45) is 5.92 Å². The Kier molecular flexibility index (Phi) is 6.60. The third kappa shape index (κ3) is 5.68. The number of rotatable bonds is 7. The van der Waals surface area contributed by atoms with Gasteiger partial charge < -0.3 is 10.2 Å². The van der Waals surface area contributed by atoms with Crippen LogP contribution in [0.2, 0.25) is 0 Å². The number of carbonyl (C=O) groups excluding carboxylic acids is 2. The molecule has 0 atom stereocenters. The molecular formula is C17H26N4O2. The Morgan fingerprint density at radius 1 is 1.26 bits per heavy atom. The fourth-order valence-electron chi connectivity index (χ4n) is 2.74. The van der Waals surface area contributed by atoms with E-state index in [0.717, 1.165) is 52.0 Å². The highest BCUT2D eigenvalue weighted by molar-refractivity contribution is 5.97. The number of piperazine rings is 1. The molecule has 6 nitrogen and oxygen atoms in total. The molecule has 2 fully saturated rings. The molecular weight excluding hydrogens is 292 g/mol. The summed E-state index contributed by atoms with van der Waals surface area (Å²) >= 11 is 0. The van der Waals surface area contributed by atoms with Crippen molar-refractivity contribution < 1.29 is 9.59 Å². The molecule has 2 rings (SSSR count). The highest BCUT2D eigenvalue weighted by atomic mass is 16.2. The average molecular weight is 318 g/mol. The van der Waals surface area contributed by atoms with Crippen LogP contribution in [0.25, 0.3) is 0 Å². The predicted molar refractivity (Wildman–Crippen MR) is 87.4 cm³/mol. The average Bonchev–Trinajstić information content (AvgIpc) is 3.37. The van der Waals surface area contributed by atoms with Gasteiger partial charge in [-0.05, 0) is 31.7 Å². The highest BCUT2D eigenvalue weighted by Crippen LogP contribution is 2.31. The van der Waals surface area contributed by atoms with Gasteiger partial charge in [0.2, 0.25) is 5.91 Å². The van der Waals surface area contributed by atoms with Crippen molar-refractivity contribution in [3.63, 3.8) is 0 Å². The lowest BCUT2D eigenvalue weighted by Crippen LogP contribution is -2.49. The summed E-state index contributed by atoms with van der Waals surface area (Å²) in [5, 5.41) is 11.7. The number of nitriles is 1. The lowest BCUT2D eigenvalue weighted by atomic mass is 10.2. The van der Waals surface area contributed by atoms with Crippen LogP contribution in [0.15, 0.2) is 11.6 Å². The summed E-state index contributed by atoms with van der Waals surface area (Å²) < 4.78 is 0. The molecule has 0 aromatic rings. The van der Waals surface area contributed by atoms with Crippen LogP contribution in [0.4, 0.5) is 0 Å². The van der Waals surface area contributed by atoms with Crippen molar-refractivity contribution in [3.05, 3.63) is 11.6 Å². The molecule has 6 heteroatoms. The van der Waals surface area contributed by atoms with Gasteiger partial charge in [0.15, 0.2) is 0 Å². The van der Waals surface area contributed by atoms with Gasteiger partial charge in [-0.25, -0.2) is 0 Å². The minimum absolute atomic E-state index is 0.0751. The first-order valence-electron chi connectivity index (χ1n) is 8.54. The van der Waals surface area contributed by atoms with E-state index in [1.165, 1.54) is 0 Å². The summed E-state index contributed by atoms with van der Waals surface area (Å²) in [7, 11) is 0. The van der Waals surface area contributed by atoms with Crippen LogP contribution in [0.5, 0.6) is 0 Å². The van der Waals surface area contributed by atoms with Gasteiger partial charge in [0.1, 0.15) is 11.6 Å². The second-order valence-corrected chi connectivity index (χ2v) is 6.26. The monoisotopic (exact) mass is 318 g/mol. The molecule has 23 heavy (non-hydrogen) atoms. The Bertz CT molecular complexity index is 497. The number of carbonyl (C=O) groups is 2. The van der Waals surface area contributed by atoms with Gasteiger partial charge in [0.25, 0.3) is 5.91 Å². The molecule has 1 aliphatic heterocycles. The molecule has 1 saturated carbocycles. The summed E-state index contributed by atoms with van der Waals surface area (Å²) in [6.45, 7) is 6.91. The van der Waals surface area contributed by atoms with Gasteiger partial charge in [-0.2, -0.15) is 5.26 Å². The van der Waals surface area contributed by atoms with Crippen molar-refractivity contribution in [2.75, 3.05) is 39.3 Å². The van der Waals surface area contributed by atoms with Crippen molar-refractivity contribution in [1.29, 1.82) is 5.26 Å². The van der Waals surface area contributed by atoms with Crippen LogP contribution in [-0.4, -0.2) is 60.9 Å². The molecule has 1 heterocycles. The van der Waals surface area contributed by atoms with Crippen molar-refractivity contribution in [1.82, 2.24) is 15.1 Å². The fourth-order valence-corrected chi connectivity index (χ4v) is 2.74. The first kappa shape index (κ1) is 17.5. The quantitative estimate of drug-likeness (QED) is 0.559. The molecule has 0 aromatic heterocycles. The molecule has 1 saturated heterocycles. The summed E-state index contributed by atoms with van der Waals surface area (Å²) in [4.78, 5) is 28.3. The lowest BCUT2D eigenvalue weighted by molar-refractivity contribution is -0.132. The van der Waals surface area contributed by atoms with Crippen LogP contribution in [0.1, 0.15) is 32.6 Å². The molecule has 126 valence electrons. The normalized spacial score (nSPS) is 19.3. The zero-order valence-electron chi connectivity index (χ0n) is 13.9. The van der Waals surface area contributed by atoms with Gasteiger partial charge in [0.05, 0.1) is 0 Å². The Morgan fingerprint density at radius 2 is 1.96 bits per heavy atom. The third-order valence-corrected chi connectivity index (χ3v) is 4.28. The van der Waals surface area contributed by atoms with E-state index in [1.54, 1.807) is 6.08 Å². The second kappa shape index (κ2) is 8.68. The third-order valence-electron chi connectivity index (χ3n) is 4.28. The smallest absolute Gasteiger partial charge is 0.261 e. The number of allylic oxidation sites excluding steroid dienone is 1. The summed E-state index contributed by atoms with van der Waals surface area (Å²) in [6.07, 6.45) is 5.28. The SMILES string of the molecule is CCCN1CCN(C(=O)CCNC(=O)/C(C#N)=C/C2CC2)CC1. The largest absolute Gasteiger partial charge is 0.351 e. The predicted octanol–water partition coefficient (Wildman–Crippen LogP) is 0.907. The minimum atomic E-state index is -0.361. The fraction of sp³-hybridized carbons (Fsp3) is 0.706. The van der Waals surface area contributed by atoms with Gasteiger partial charge in [-0.15, -0.1) is 0 Å². The van der Waals surface area contributed by atoms with E-state index in [0.29, 0.717) is 12.3 Å². The van der Waals surface area contributed by atoms with Crippen molar-refractivity contribution in [3.8, 4) is 6.07 Å². The molecule has 0 unspecified atom stereocenters. The van der Waals surface area contributed by atoms with Gasteiger partial charge in [-0.1, -0.05) is 13.0 Å². The minimum Gasteiger partial charge on any atom is -0.351 e. The van der Waals surface area contributed by atoms with E-state index in [2.05, 4.69) is 17.1 Å². The number of hydrogen-bond acceptors (Lipinski definition) is 4. The van der Waals surface area contributed by atoms with Crippen LogP contribution in [-0.2, 0) is 9.59 Å². The van der Waals surface area contributed by atoms with E-state index in [9.17, 15) is 9.59 Å². The van der Waals surface area contributed by atoms with Gasteiger partial charge in [-0.3, -0.25) is 14.5 Å². The van der Waals surface area contributed by atoms with E-state index >= 15 is 0 Å². The number of hydrogen-bond donors (Lipinski definition) is 1. The summed E-state index contributed by atoms with van der Waals surface area (Å²) in [6, 6.07) is 1.94. The Morgan fingerprint density at radius 3 is 2.52 bits per heavy atom. The standard InChI is InChI=1S/C17H26N4O2/c1-2-7-20-8-10-21(11-9-20)16(22)5-6-19-17(23)15(13-18)12-14-3-4-14/h12,14H,2-11H2,1H3,(H,19,23)/b15-12+. The Hall–Kier alpha value is -1.87. The zero-order chi connectivity index (χ0) is 16.7. The zero-order valence-corrected chi connectivity index (χ0v) is 13.9. The maximum atomic E-state index is 12.1. The van der Waals surface area contributed by atoms with Crippen LogP contribution in [0, 0.1) is 17.2 Å². The molecule has 0 spiro atoms. The number of amides is 2. The van der Waals surface area contributed by atoms with Crippen molar-refractivity contribution >= 4 is 11.8 Å². The number of nitrogens with one attached hydrogen (secondary N) is 1. The van der Waals surface area contributed by atoms with E-state index in [-0.39, 0.29) is 23.9 Å². The Labute approximate surface area is 138 Å². The molecule has 0 aromatic carbocycles. The lowest BCUT2D eigenvalue weighted by Gasteiger charge is -2.34. The summed E-state index contributed by atoms with van der Waals surface area (Å²) in [5.41, 5.74) is 0.174. The van der Waals surface area contributed by atoms with Gasteiger partial charge in [0, 0.05) is 39.1 Å². The summed E-state index contributed by atoms with van der Waals surface area (Å²) in [5.74, 6) is 0.0996. The molecule has 2 aliphatic rings. The topological polar surface area (TPSA) is 76.4 Å². The van der Waals surface area contributed by atoms with E-state index in [4.69, 9.17) is 5.26 Å². The van der Waals surface area contributed by atoms with E-state index < -0.39 is 0 Å². The Balaban J connectivity index is 1.67. The molecule has 0 bridgehead atoms. The van der Waals surface area contributed by atoms with Crippen LogP contribution < -0.4 is 5.32 Å². The molecule has 2 amide bonds. The van der Waals surface area contributed by atoms with Crippen molar-refractivity contribution in [2.45, 2.75) is 32.6 Å². The second-order valence-electron chi connectivity index (χ2n) is 6.26.